The van der Waals surface area contributed by atoms with Crippen LogP contribution in [-0.2, 0) is 22.6 Å². The van der Waals surface area contributed by atoms with Crippen LogP contribution >= 0.6 is 11.8 Å². The smallest absolute Gasteiger partial charge is 0.253 e. The number of aliphatic hydroxyl groups is 1. The number of thioether (sulfide) groups is 1. The molecule has 1 amide bonds. The molecule has 0 radical (unpaired) electrons. The lowest BCUT2D eigenvalue weighted by Gasteiger charge is -2.36. The second kappa shape index (κ2) is 15.2. The van der Waals surface area contributed by atoms with Crippen molar-refractivity contribution >= 4 is 17.7 Å². The summed E-state index contributed by atoms with van der Waals surface area (Å²) in [4.78, 5) is 17.6. The molecule has 0 spiro atoms. The molecule has 1 aliphatic rings. The predicted molar refractivity (Wildman–Crippen MR) is 179 cm³/mol. The molecule has 8 heteroatoms. The number of ether oxygens (including phenoxy) is 3. The van der Waals surface area contributed by atoms with Crippen LogP contribution in [-0.4, -0.2) is 35.0 Å². The lowest BCUT2D eigenvalue weighted by molar-refractivity contribution is -0.245. The van der Waals surface area contributed by atoms with E-state index >= 15 is 0 Å². The first-order valence-electron chi connectivity index (χ1n) is 15.2. The number of nitrogens with one attached hydrogen (secondary N) is 1. The average molecular weight is 633 g/mol. The van der Waals surface area contributed by atoms with Gasteiger partial charge in [0.15, 0.2) is 6.29 Å². The topological polar surface area (TPSA) is 89.9 Å². The molecule has 7 nitrogen and oxygen atoms in total. The van der Waals surface area contributed by atoms with Crippen LogP contribution < -0.4 is 10.1 Å². The van der Waals surface area contributed by atoms with Crippen LogP contribution in [0.2, 0.25) is 0 Å². The number of benzene rings is 4. The first-order chi connectivity index (χ1) is 22.6. The first-order valence-corrected chi connectivity index (χ1v) is 16.2. The summed E-state index contributed by atoms with van der Waals surface area (Å²) in [5, 5.41) is 12.5. The van der Waals surface area contributed by atoms with Gasteiger partial charge in [0.05, 0.1) is 31.5 Å². The van der Waals surface area contributed by atoms with Gasteiger partial charge in [-0.05, 0) is 64.2 Å². The molecule has 2 heterocycles. The molecule has 0 bridgehead atoms. The molecule has 6 rings (SSSR count). The number of carbonyl (C=O) groups excluding carboxylic acids is 1. The van der Waals surface area contributed by atoms with Crippen LogP contribution in [0, 0.1) is 0 Å². The van der Waals surface area contributed by atoms with Gasteiger partial charge in [0, 0.05) is 41.6 Å². The maximum absolute atomic E-state index is 12.5. The second-order valence-electron chi connectivity index (χ2n) is 11.1. The van der Waals surface area contributed by atoms with E-state index in [9.17, 15) is 9.90 Å². The van der Waals surface area contributed by atoms with Crippen molar-refractivity contribution in [2.45, 2.75) is 43.0 Å². The van der Waals surface area contributed by atoms with E-state index in [1.165, 1.54) is 0 Å². The summed E-state index contributed by atoms with van der Waals surface area (Å²) in [5.41, 5.74) is 6.42. The number of rotatable bonds is 11. The number of hydrogen-bond donors (Lipinski definition) is 2. The van der Waals surface area contributed by atoms with Crippen LogP contribution in [0.5, 0.6) is 5.75 Å². The third-order valence-electron chi connectivity index (χ3n) is 7.90. The number of aromatic nitrogens is 1. The van der Waals surface area contributed by atoms with E-state index in [2.05, 4.69) is 40.6 Å². The van der Waals surface area contributed by atoms with Gasteiger partial charge in [-0.25, -0.2) is 0 Å². The molecule has 1 aliphatic heterocycles. The zero-order valence-electron chi connectivity index (χ0n) is 25.5. The third kappa shape index (κ3) is 7.84. The average Bonchev–Trinajstić information content (AvgIpc) is 3.13. The highest BCUT2D eigenvalue weighted by atomic mass is 32.2. The Hall–Kier alpha value is -4.47. The SMILES string of the molecule is COc1ccccc1SC[C@H]1C[C@@H](c2ccc(CO)cc2)O[C@@H](c2cccc(-c3cccc(CNC(=O)c4cccnc4)c3)c2)O1. The highest BCUT2D eigenvalue weighted by molar-refractivity contribution is 7.99. The molecule has 0 aliphatic carbocycles. The molecule has 1 aromatic heterocycles. The number of para-hydroxylation sites is 1. The van der Waals surface area contributed by atoms with Gasteiger partial charge < -0.3 is 24.6 Å². The first kappa shape index (κ1) is 31.5. The minimum absolute atomic E-state index is 0.000578. The number of aliphatic hydroxyl groups excluding tert-OH is 1. The van der Waals surface area contributed by atoms with Crippen LogP contribution in [0.4, 0.5) is 0 Å². The Balaban J connectivity index is 1.20. The molecule has 46 heavy (non-hydrogen) atoms. The summed E-state index contributed by atoms with van der Waals surface area (Å²) < 4.78 is 18.8. The van der Waals surface area contributed by atoms with Crippen molar-refractivity contribution in [3.63, 3.8) is 0 Å². The normalized spacial score (nSPS) is 17.7. The van der Waals surface area contributed by atoms with Crippen molar-refractivity contribution < 1.29 is 24.1 Å². The number of amides is 1. The minimum Gasteiger partial charge on any atom is -0.496 e. The Bertz CT molecular complexity index is 1750. The van der Waals surface area contributed by atoms with Gasteiger partial charge in [0.1, 0.15) is 5.75 Å². The maximum Gasteiger partial charge on any atom is 0.253 e. The Morgan fingerprint density at radius 3 is 2.48 bits per heavy atom. The zero-order valence-corrected chi connectivity index (χ0v) is 26.4. The van der Waals surface area contributed by atoms with Gasteiger partial charge in [-0.3, -0.25) is 9.78 Å². The molecule has 1 saturated heterocycles. The van der Waals surface area contributed by atoms with Crippen molar-refractivity contribution in [3.8, 4) is 16.9 Å². The van der Waals surface area contributed by atoms with Gasteiger partial charge in [-0.15, -0.1) is 11.8 Å². The van der Waals surface area contributed by atoms with E-state index in [0.717, 1.165) is 49.8 Å². The summed E-state index contributed by atoms with van der Waals surface area (Å²) in [6, 6.07) is 35.8. The number of nitrogens with zero attached hydrogens (tertiary/aromatic N) is 1. The molecule has 1 fully saturated rings. The van der Waals surface area contributed by atoms with Crippen LogP contribution in [0.25, 0.3) is 11.1 Å². The molecule has 234 valence electrons. The maximum atomic E-state index is 12.5. The Morgan fingerprint density at radius 2 is 1.70 bits per heavy atom. The van der Waals surface area contributed by atoms with Crippen LogP contribution in [0.3, 0.4) is 0 Å². The molecule has 0 unspecified atom stereocenters. The molecule has 4 aromatic carbocycles. The fraction of sp³-hybridized carbons (Fsp3) is 0.211. The van der Waals surface area contributed by atoms with E-state index in [1.54, 1.807) is 43.4 Å². The highest BCUT2D eigenvalue weighted by Crippen LogP contribution is 2.41. The number of methoxy groups -OCH3 is 1. The van der Waals surface area contributed by atoms with E-state index in [-0.39, 0.29) is 24.7 Å². The van der Waals surface area contributed by atoms with Gasteiger partial charge >= 0.3 is 0 Å². The fourth-order valence-electron chi connectivity index (χ4n) is 5.45. The molecule has 3 atom stereocenters. The largest absolute Gasteiger partial charge is 0.496 e. The van der Waals surface area contributed by atoms with Gasteiger partial charge in [-0.2, -0.15) is 0 Å². The molecular weight excluding hydrogens is 596 g/mol. The number of hydrogen-bond acceptors (Lipinski definition) is 7. The Morgan fingerprint density at radius 1 is 0.891 bits per heavy atom. The monoisotopic (exact) mass is 632 g/mol. The van der Waals surface area contributed by atoms with E-state index in [1.807, 2.05) is 66.7 Å². The van der Waals surface area contributed by atoms with Crippen molar-refractivity contribution in [2.75, 3.05) is 12.9 Å². The Kier molecular flexibility index (Phi) is 10.4. The molecule has 2 N–H and O–H groups in total. The van der Waals surface area contributed by atoms with Crippen LogP contribution in [0.15, 0.2) is 126 Å². The van der Waals surface area contributed by atoms with Crippen molar-refractivity contribution in [1.82, 2.24) is 10.3 Å². The number of carbonyl (C=O) groups is 1. The summed E-state index contributed by atoms with van der Waals surface area (Å²) >= 11 is 1.71. The predicted octanol–water partition coefficient (Wildman–Crippen LogP) is 7.52. The zero-order chi connectivity index (χ0) is 31.7. The van der Waals surface area contributed by atoms with Crippen LogP contribution in [0.1, 0.15) is 51.4 Å². The third-order valence-corrected chi connectivity index (χ3v) is 9.09. The van der Waals surface area contributed by atoms with Gasteiger partial charge in [0.25, 0.3) is 5.91 Å². The van der Waals surface area contributed by atoms with E-state index < -0.39 is 6.29 Å². The van der Waals surface area contributed by atoms with E-state index in [4.69, 9.17) is 14.2 Å². The van der Waals surface area contributed by atoms with Gasteiger partial charge in [0.2, 0.25) is 0 Å². The summed E-state index contributed by atoms with van der Waals surface area (Å²) in [7, 11) is 1.69. The lowest BCUT2D eigenvalue weighted by Crippen LogP contribution is -2.31. The molecular formula is C38H36N2O5S. The van der Waals surface area contributed by atoms with Gasteiger partial charge in [-0.1, -0.05) is 72.8 Å². The minimum atomic E-state index is -0.568. The summed E-state index contributed by atoms with van der Waals surface area (Å²) in [6.07, 6.45) is 3.08. The standard InChI is InChI=1S/C38H36N2O5S/c1-43-34-12-2-3-13-36(34)46-25-33-21-35(28-16-14-26(24-41)15-17-28)45-38(44-33)31-10-5-9-30(20-31)29-8-4-7-27(19-29)22-40-37(42)32-11-6-18-39-23-32/h2-20,23,33,35,38,41H,21-22,24-25H2,1H3,(H,40,42)/t33-,35+,38+/m1/s1. The number of pyridine rings is 1. The van der Waals surface area contributed by atoms with Crippen molar-refractivity contribution in [1.29, 1.82) is 0 Å². The second-order valence-corrected chi connectivity index (χ2v) is 12.1. The highest BCUT2D eigenvalue weighted by Gasteiger charge is 2.32. The molecule has 5 aromatic rings. The summed E-state index contributed by atoms with van der Waals surface area (Å²) in [5.74, 6) is 1.42. The quantitative estimate of drug-likeness (QED) is 0.146. The van der Waals surface area contributed by atoms with Crippen molar-refractivity contribution in [3.05, 3.63) is 149 Å². The molecule has 0 saturated carbocycles. The Labute approximate surface area is 273 Å². The van der Waals surface area contributed by atoms with E-state index in [0.29, 0.717) is 18.5 Å². The fourth-order valence-corrected chi connectivity index (χ4v) is 6.50. The van der Waals surface area contributed by atoms with Crippen molar-refractivity contribution in [2.24, 2.45) is 0 Å². The summed E-state index contributed by atoms with van der Waals surface area (Å²) in [6.45, 7) is 0.402. The lowest BCUT2D eigenvalue weighted by atomic mass is 9.99.